The van der Waals surface area contributed by atoms with E-state index in [9.17, 15) is 4.79 Å². The predicted molar refractivity (Wildman–Crippen MR) is 95.9 cm³/mol. The van der Waals surface area contributed by atoms with Crippen molar-refractivity contribution in [3.63, 3.8) is 0 Å². The van der Waals surface area contributed by atoms with E-state index in [0.29, 0.717) is 17.5 Å². The van der Waals surface area contributed by atoms with Gasteiger partial charge in [0.1, 0.15) is 11.9 Å². The molecule has 1 aliphatic heterocycles. The molecule has 2 aromatic rings. The van der Waals surface area contributed by atoms with Crippen LogP contribution < -0.4 is 9.47 Å². The highest BCUT2D eigenvalue weighted by molar-refractivity contribution is 7.20. The number of piperidine rings is 1. The molecule has 0 atom stereocenters. The lowest BCUT2D eigenvalue weighted by molar-refractivity contribution is -0.133. The molecule has 1 fully saturated rings. The van der Waals surface area contributed by atoms with E-state index in [-0.39, 0.29) is 12.0 Å². The number of ether oxygens (including phenoxy) is 2. The molecule has 0 aliphatic carbocycles. The summed E-state index contributed by atoms with van der Waals surface area (Å²) in [6.07, 6.45) is 2.49. The van der Waals surface area contributed by atoms with Gasteiger partial charge in [-0.2, -0.15) is 0 Å². The maximum absolute atomic E-state index is 12.1. The van der Waals surface area contributed by atoms with Crippen LogP contribution in [-0.4, -0.2) is 42.1 Å². The average molecular weight is 348 g/mol. The zero-order chi connectivity index (χ0) is 17.1. The Morgan fingerprint density at radius 1 is 1.38 bits per heavy atom. The highest BCUT2D eigenvalue weighted by Gasteiger charge is 2.25. The van der Waals surface area contributed by atoms with Gasteiger partial charge in [-0.05, 0) is 18.1 Å². The van der Waals surface area contributed by atoms with Crippen molar-refractivity contribution in [3.8, 4) is 10.9 Å². The van der Waals surface area contributed by atoms with Gasteiger partial charge in [0.05, 0.1) is 17.3 Å². The number of nitrogens with zero attached hydrogens (tertiary/aromatic N) is 2. The Bertz CT molecular complexity index is 705. The third kappa shape index (κ3) is 3.98. The van der Waals surface area contributed by atoms with Gasteiger partial charge in [-0.1, -0.05) is 25.2 Å². The number of hydrogen-bond donors (Lipinski definition) is 0. The van der Waals surface area contributed by atoms with Gasteiger partial charge < -0.3 is 14.4 Å². The number of amides is 1. The second kappa shape index (κ2) is 7.38. The summed E-state index contributed by atoms with van der Waals surface area (Å²) in [6.45, 7) is 5.70. The minimum atomic E-state index is 0.135. The molecule has 0 bridgehead atoms. The van der Waals surface area contributed by atoms with Crippen LogP contribution >= 0.6 is 11.3 Å². The highest BCUT2D eigenvalue weighted by Crippen LogP contribution is 2.32. The van der Waals surface area contributed by atoms with E-state index in [0.717, 1.165) is 41.9 Å². The first-order valence-electron chi connectivity index (χ1n) is 8.44. The molecule has 0 saturated carbocycles. The smallest absolute Gasteiger partial charge is 0.274 e. The summed E-state index contributed by atoms with van der Waals surface area (Å²) in [4.78, 5) is 18.6. The molecule has 3 rings (SSSR count). The number of benzene rings is 1. The predicted octanol–water partition coefficient (Wildman–Crippen LogP) is 3.72. The van der Waals surface area contributed by atoms with Gasteiger partial charge >= 0.3 is 0 Å². The van der Waals surface area contributed by atoms with Crippen LogP contribution in [0.1, 0.15) is 33.1 Å². The van der Waals surface area contributed by atoms with Gasteiger partial charge in [0.15, 0.2) is 0 Å². The van der Waals surface area contributed by atoms with Crippen LogP contribution in [0.5, 0.6) is 10.9 Å². The minimum absolute atomic E-state index is 0.135. The zero-order valence-corrected chi connectivity index (χ0v) is 15.3. The van der Waals surface area contributed by atoms with Gasteiger partial charge in [0.25, 0.3) is 5.19 Å². The van der Waals surface area contributed by atoms with Gasteiger partial charge in [0, 0.05) is 38.4 Å². The van der Waals surface area contributed by atoms with Crippen LogP contribution in [0, 0.1) is 5.92 Å². The van der Waals surface area contributed by atoms with Crippen molar-refractivity contribution in [1.82, 2.24) is 9.88 Å². The molecule has 1 saturated heterocycles. The Morgan fingerprint density at radius 2 is 2.12 bits per heavy atom. The van der Waals surface area contributed by atoms with Crippen LogP contribution in [0.2, 0.25) is 0 Å². The zero-order valence-electron chi connectivity index (χ0n) is 14.4. The second-order valence-corrected chi connectivity index (χ2v) is 7.60. The number of aromatic nitrogens is 1. The fraction of sp³-hybridized carbons (Fsp3) is 0.556. The summed E-state index contributed by atoms with van der Waals surface area (Å²) in [5.41, 5.74) is 0.902. The molecule has 1 aliphatic rings. The van der Waals surface area contributed by atoms with E-state index in [1.807, 2.05) is 23.1 Å². The van der Waals surface area contributed by atoms with Crippen molar-refractivity contribution in [2.75, 3.05) is 20.2 Å². The van der Waals surface area contributed by atoms with Gasteiger partial charge in [-0.15, -0.1) is 0 Å². The number of fused-ring (bicyclic) bond motifs is 1. The number of thiazole rings is 1. The van der Waals surface area contributed by atoms with E-state index in [4.69, 9.17) is 9.47 Å². The standard InChI is InChI=1S/C18H24N2O3S/c1-12(2)10-17(21)20-8-6-13(7-9-20)23-18-19-15-11-14(22-3)4-5-16(15)24-18/h4-5,11-13H,6-10H2,1-3H3. The Hall–Kier alpha value is -1.82. The summed E-state index contributed by atoms with van der Waals surface area (Å²) in [5.74, 6) is 1.47. The lowest BCUT2D eigenvalue weighted by Crippen LogP contribution is -2.42. The first-order chi connectivity index (χ1) is 11.5. The molecule has 24 heavy (non-hydrogen) atoms. The van der Waals surface area contributed by atoms with Crippen molar-refractivity contribution in [2.24, 2.45) is 5.92 Å². The molecule has 6 heteroatoms. The molecule has 2 heterocycles. The number of hydrogen-bond acceptors (Lipinski definition) is 5. The van der Waals surface area contributed by atoms with Gasteiger partial charge in [0.2, 0.25) is 5.91 Å². The summed E-state index contributed by atoms with van der Waals surface area (Å²) in [6, 6.07) is 5.86. The number of rotatable bonds is 5. The molecule has 0 unspecified atom stereocenters. The number of likely N-dealkylation sites (tertiary alicyclic amines) is 1. The lowest BCUT2D eigenvalue weighted by Gasteiger charge is -2.32. The lowest BCUT2D eigenvalue weighted by atomic mass is 10.1. The Kier molecular flexibility index (Phi) is 5.23. The molecule has 1 aromatic carbocycles. The fourth-order valence-corrected chi connectivity index (χ4v) is 3.77. The van der Waals surface area contributed by atoms with Crippen molar-refractivity contribution in [1.29, 1.82) is 0 Å². The number of methoxy groups -OCH3 is 1. The van der Waals surface area contributed by atoms with Crippen molar-refractivity contribution in [3.05, 3.63) is 18.2 Å². The largest absolute Gasteiger partial charge is 0.497 e. The maximum atomic E-state index is 12.1. The highest BCUT2D eigenvalue weighted by atomic mass is 32.1. The summed E-state index contributed by atoms with van der Waals surface area (Å²) in [7, 11) is 1.65. The van der Waals surface area contributed by atoms with Crippen LogP contribution in [0.25, 0.3) is 10.2 Å². The Morgan fingerprint density at radius 3 is 2.79 bits per heavy atom. The minimum Gasteiger partial charge on any atom is -0.497 e. The molecule has 0 N–H and O–H groups in total. The van der Waals surface area contributed by atoms with Crippen LogP contribution in [0.3, 0.4) is 0 Å². The monoisotopic (exact) mass is 348 g/mol. The molecular weight excluding hydrogens is 324 g/mol. The third-order valence-electron chi connectivity index (χ3n) is 4.22. The van der Waals surface area contributed by atoms with Crippen LogP contribution in [0.4, 0.5) is 0 Å². The molecule has 5 nitrogen and oxygen atoms in total. The molecule has 0 radical (unpaired) electrons. The Labute approximate surface area is 146 Å². The molecule has 1 amide bonds. The summed E-state index contributed by atoms with van der Waals surface area (Å²) in [5, 5.41) is 0.699. The Balaban J connectivity index is 1.57. The fourth-order valence-electron chi connectivity index (χ4n) is 2.91. The van der Waals surface area contributed by atoms with Gasteiger partial charge in [-0.25, -0.2) is 4.98 Å². The summed E-state index contributed by atoms with van der Waals surface area (Å²) < 4.78 is 12.4. The van der Waals surface area contributed by atoms with Crippen LogP contribution in [0.15, 0.2) is 18.2 Å². The summed E-state index contributed by atoms with van der Waals surface area (Å²) >= 11 is 1.56. The first kappa shape index (κ1) is 17.0. The first-order valence-corrected chi connectivity index (χ1v) is 9.26. The van der Waals surface area contributed by atoms with E-state index in [2.05, 4.69) is 18.8 Å². The van der Waals surface area contributed by atoms with Crippen molar-refractivity contribution < 1.29 is 14.3 Å². The number of carbonyl (C=O) groups is 1. The SMILES string of the molecule is COc1ccc2sc(OC3CCN(C(=O)CC(C)C)CC3)nc2c1. The van der Waals surface area contributed by atoms with E-state index in [1.54, 1.807) is 18.4 Å². The molecule has 1 aromatic heterocycles. The number of carbonyl (C=O) groups excluding carboxylic acids is 1. The molecular formula is C18H24N2O3S. The molecule has 130 valence electrons. The van der Waals surface area contributed by atoms with Crippen molar-refractivity contribution in [2.45, 2.75) is 39.2 Å². The quantitative estimate of drug-likeness (QED) is 0.826. The maximum Gasteiger partial charge on any atom is 0.274 e. The van der Waals surface area contributed by atoms with E-state index >= 15 is 0 Å². The van der Waals surface area contributed by atoms with Crippen LogP contribution in [-0.2, 0) is 4.79 Å². The average Bonchev–Trinajstić information content (AvgIpc) is 2.96. The van der Waals surface area contributed by atoms with Crippen molar-refractivity contribution >= 4 is 27.5 Å². The van der Waals surface area contributed by atoms with Gasteiger partial charge in [-0.3, -0.25) is 4.79 Å². The normalized spacial score (nSPS) is 15.9. The molecule has 0 spiro atoms. The topological polar surface area (TPSA) is 51.7 Å². The third-order valence-corrected chi connectivity index (χ3v) is 5.15. The van der Waals surface area contributed by atoms with E-state index in [1.165, 1.54) is 0 Å². The van der Waals surface area contributed by atoms with E-state index < -0.39 is 0 Å². The second-order valence-electron chi connectivity index (χ2n) is 6.61.